The van der Waals surface area contributed by atoms with Gasteiger partial charge in [0.1, 0.15) is 11.6 Å². The first-order chi connectivity index (χ1) is 15.9. The van der Waals surface area contributed by atoms with Gasteiger partial charge in [-0.3, -0.25) is 4.79 Å². The van der Waals surface area contributed by atoms with Gasteiger partial charge in [-0.1, -0.05) is 0 Å². The number of nitrogens with zero attached hydrogens (tertiary/aromatic N) is 3. The van der Waals surface area contributed by atoms with E-state index in [1.807, 2.05) is 4.90 Å². The largest absolute Gasteiger partial charge is 0.435 e. The quantitative estimate of drug-likeness (QED) is 0.474. The van der Waals surface area contributed by atoms with Gasteiger partial charge in [0.15, 0.2) is 0 Å². The van der Waals surface area contributed by atoms with Crippen LogP contribution in [-0.2, 0) is 0 Å². The molecule has 0 radical (unpaired) electrons. The Kier molecular flexibility index (Phi) is 6.70. The molecule has 2 atom stereocenters. The van der Waals surface area contributed by atoms with Gasteiger partial charge in [0.05, 0.1) is 36.0 Å². The number of hydrogen-bond donors (Lipinski definition) is 3. The van der Waals surface area contributed by atoms with Crippen molar-refractivity contribution in [2.75, 3.05) is 24.6 Å². The van der Waals surface area contributed by atoms with Crippen LogP contribution in [0.4, 0.5) is 18.9 Å². The molecule has 11 heteroatoms. The maximum absolute atomic E-state index is 14.6. The standard InChI is InChI=1S/C22H23F3N4O4/c23-18-4-3-15(33-22(24)25)9-16(18)19-2-1-6-28(19)13-5-7-29-20(8-13)17(11-27-29)21(32)26-10-14(31)12-30/h3-5,7-9,11,14,19,22,30-31H,1-2,6,10,12H2,(H,26,32)/t14?,19-/m1/s1. The molecule has 176 valence electrons. The molecule has 3 aromatic rings. The molecule has 1 aromatic carbocycles. The fourth-order valence-electron chi connectivity index (χ4n) is 4.05. The SMILES string of the molecule is O=C(NCC(O)CO)c1cnn2ccc(N3CCC[C@@H]3c3cc(OC(F)F)ccc3F)cc12. The molecule has 1 aliphatic heterocycles. The molecule has 3 N–H and O–H groups in total. The highest BCUT2D eigenvalue weighted by atomic mass is 19.3. The predicted octanol–water partition coefficient (Wildman–Crippen LogP) is 2.50. The van der Waals surface area contributed by atoms with Gasteiger partial charge < -0.3 is 25.2 Å². The molecule has 0 aliphatic carbocycles. The Morgan fingerprint density at radius 2 is 2.12 bits per heavy atom. The molecule has 2 aromatic heterocycles. The third-order valence-electron chi connectivity index (χ3n) is 5.59. The molecule has 0 spiro atoms. The molecule has 1 aliphatic rings. The maximum atomic E-state index is 14.6. The second-order valence-corrected chi connectivity index (χ2v) is 7.73. The van der Waals surface area contributed by atoms with Gasteiger partial charge in [-0.05, 0) is 43.2 Å². The second-order valence-electron chi connectivity index (χ2n) is 7.73. The van der Waals surface area contributed by atoms with Crippen LogP contribution in [0.2, 0.25) is 0 Å². The highest BCUT2D eigenvalue weighted by Gasteiger charge is 2.29. The van der Waals surface area contributed by atoms with Crippen molar-refractivity contribution in [2.24, 2.45) is 0 Å². The van der Waals surface area contributed by atoms with E-state index < -0.39 is 37.1 Å². The van der Waals surface area contributed by atoms with Gasteiger partial charge in [-0.15, -0.1) is 0 Å². The van der Waals surface area contributed by atoms with Crippen LogP contribution in [0.3, 0.4) is 0 Å². The Balaban J connectivity index is 1.63. The zero-order valence-corrected chi connectivity index (χ0v) is 17.5. The number of anilines is 1. The highest BCUT2D eigenvalue weighted by molar-refractivity contribution is 6.01. The lowest BCUT2D eigenvalue weighted by atomic mass is 10.0. The van der Waals surface area contributed by atoms with Crippen molar-refractivity contribution in [2.45, 2.75) is 31.6 Å². The number of carbonyl (C=O) groups excluding carboxylic acids is 1. The number of ether oxygens (including phenoxy) is 1. The van der Waals surface area contributed by atoms with Crippen LogP contribution in [0.15, 0.2) is 42.7 Å². The van der Waals surface area contributed by atoms with Crippen molar-refractivity contribution in [3.05, 3.63) is 59.7 Å². The Labute approximate surface area is 187 Å². The van der Waals surface area contributed by atoms with Gasteiger partial charge in [0.25, 0.3) is 5.91 Å². The van der Waals surface area contributed by atoms with E-state index in [0.717, 1.165) is 18.2 Å². The summed E-state index contributed by atoms with van der Waals surface area (Å²) in [6.45, 7) is -2.99. The summed E-state index contributed by atoms with van der Waals surface area (Å²) in [5.74, 6) is -1.08. The monoisotopic (exact) mass is 464 g/mol. The number of aromatic nitrogens is 2. The average molecular weight is 464 g/mol. The molecule has 1 unspecified atom stereocenters. The molecule has 33 heavy (non-hydrogen) atoms. The van der Waals surface area contributed by atoms with E-state index in [9.17, 15) is 23.1 Å². The lowest BCUT2D eigenvalue weighted by molar-refractivity contribution is -0.0499. The number of benzene rings is 1. The molecule has 1 saturated heterocycles. The Morgan fingerprint density at radius 3 is 2.88 bits per heavy atom. The van der Waals surface area contributed by atoms with Gasteiger partial charge in [0.2, 0.25) is 0 Å². The van der Waals surface area contributed by atoms with Crippen molar-refractivity contribution in [3.63, 3.8) is 0 Å². The number of hydrogen-bond acceptors (Lipinski definition) is 6. The summed E-state index contributed by atoms with van der Waals surface area (Å²) in [7, 11) is 0. The smallest absolute Gasteiger partial charge is 0.387 e. The number of nitrogens with one attached hydrogen (secondary N) is 1. The van der Waals surface area contributed by atoms with Crippen molar-refractivity contribution in [3.8, 4) is 5.75 Å². The predicted molar refractivity (Wildman–Crippen MR) is 113 cm³/mol. The molecule has 3 heterocycles. The minimum atomic E-state index is -3.00. The molecule has 1 amide bonds. The van der Waals surface area contributed by atoms with Crippen LogP contribution in [0, 0.1) is 5.82 Å². The number of fused-ring (bicyclic) bond motifs is 1. The zero-order valence-electron chi connectivity index (χ0n) is 17.5. The average Bonchev–Trinajstić information content (AvgIpc) is 3.45. The summed E-state index contributed by atoms with van der Waals surface area (Å²) in [5, 5.41) is 25.1. The minimum absolute atomic E-state index is 0.108. The van der Waals surface area contributed by atoms with E-state index in [-0.39, 0.29) is 23.4 Å². The first-order valence-electron chi connectivity index (χ1n) is 10.4. The number of pyridine rings is 1. The first-order valence-corrected chi connectivity index (χ1v) is 10.4. The van der Waals surface area contributed by atoms with E-state index >= 15 is 0 Å². The van der Waals surface area contributed by atoms with Crippen molar-refractivity contribution < 1.29 is 32.9 Å². The van der Waals surface area contributed by atoms with Crippen LogP contribution in [-0.4, -0.2) is 58.1 Å². The van der Waals surface area contributed by atoms with Gasteiger partial charge in [-0.2, -0.15) is 13.9 Å². The molecule has 0 bridgehead atoms. The summed E-state index contributed by atoms with van der Waals surface area (Å²) < 4.78 is 45.8. The zero-order chi connectivity index (χ0) is 23.5. The molecular formula is C22H23F3N4O4. The lowest BCUT2D eigenvalue weighted by Crippen LogP contribution is -2.33. The van der Waals surface area contributed by atoms with E-state index in [1.165, 1.54) is 22.8 Å². The minimum Gasteiger partial charge on any atom is -0.435 e. The van der Waals surface area contributed by atoms with Crippen molar-refractivity contribution in [1.82, 2.24) is 14.9 Å². The Bertz CT molecular complexity index is 1140. The number of aliphatic hydroxyl groups excluding tert-OH is 2. The fraction of sp³-hybridized carbons (Fsp3) is 0.364. The number of alkyl halides is 2. The third kappa shape index (κ3) is 4.88. The summed E-state index contributed by atoms with van der Waals surface area (Å²) >= 11 is 0. The second kappa shape index (κ2) is 9.67. The maximum Gasteiger partial charge on any atom is 0.387 e. The molecule has 8 nitrogen and oxygen atoms in total. The van der Waals surface area contributed by atoms with Crippen LogP contribution >= 0.6 is 0 Å². The normalized spacial score (nSPS) is 17.0. The first kappa shape index (κ1) is 22.9. The molecule has 0 saturated carbocycles. The van der Waals surface area contributed by atoms with Crippen LogP contribution < -0.4 is 15.0 Å². The fourth-order valence-corrected chi connectivity index (χ4v) is 4.05. The summed E-state index contributed by atoms with van der Waals surface area (Å²) in [5.41, 5.74) is 1.75. The number of amides is 1. The van der Waals surface area contributed by atoms with E-state index in [4.69, 9.17) is 5.11 Å². The van der Waals surface area contributed by atoms with Crippen molar-refractivity contribution in [1.29, 1.82) is 0 Å². The molecular weight excluding hydrogens is 441 g/mol. The lowest BCUT2D eigenvalue weighted by Gasteiger charge is -2.28. The van der Waals surface area contributed by atoms with E-state index in [1.54, 1.807) is 18.3 Å². The Morgan fingerprint density at radius 1 is 1.30 bits per heavy atom. The summed E-state index contributed by atoms with van der Waals surface area (Å²) in [6.07, 6.45) is 3.38. The van der Waals surface area contributed by atoms with Gasteiger partial charge in [-0.25, -0.2) is 8.91 Å². The molecule has 4 rings (SSSR count). The number of rotatable bonds is 8. The third-order valence-corrected chi connectivity index (χ3v) is 5.59. The van der Waals surface area contributed by atoms with Crippen molar-refractivity contribution >= 4 is 17.1 Å². The van der Waals surface area contributed by atoms with Crippen LogP contribution in [0.25, 0.3) is 5.52 Å². The molecule has 1 fully saturated rings. The van der Waals surface area contributed by atoms with Crippen LogP contribution in [0.1, 0.15) is 34.8 Å². The topological polar surface area (TPSA) is 99.3 Å². The van der Waals surface area contributed by atoms with Gasteiger partial charge in [0, 0.05) is 30.5 Å². The number of carbonyl (C=O) groups is 1. The van der Waals surface area contributed by atoms with Gasteiger partial charge >= 0.3 is 6.61 Å². The summed E-state index contributed by atoms with van der Waals surface area (Å²) in [4.78, 5) is 14.5. The highest BCUT2D eigenvalue weighted by Crippen LogP contribution is 2.39. The number of aliphatic hydroxyl groups is 2. The Hall–Kier alpha value is -3.31. The van der Waals surface area contributed by atoms with E-state index in [2.05, 4.69) is 15.2 Å². The van der Waals surface area contributed by atoms with E-state index in [0.29, 0.717) is 18.5 Å². The van der Waals surface area contributed by atoms with Crippen LogP contribution in [0.5, 0.6) is 5.75 Å². The summed E-state index contributed by atoms with van der Waals surface area (Å²) in [6, 6.07) is 6.72. The number of halogens is 3.